The van der Waals surface area contributed by atoms with Crippen LogP contribution in [-0.4, -0.2) is 53.5 Å². The first kappa shape index (κ1) is 15.2. The monoisotopic (exact) mass is 326 g/mol. The molecule has 2 saturated heterocycles. The zero-order valence-electron chi connectivity index (χ0n) is 13.8. The molecule has 1 aromatic carbocycles. The molecule has 126 valence electrons. The van der Waals surface area contributed by atoms with Crippen molar-refractivity contribution in [1.82, 2.24) is 20.0 Å². The standard InChI is InChI=1S/C18H22N4O2/c1-24-17-4-2-3-14(8-17)15-9-19-22(11-15)18(23)20-16-7-13-5-6-21(10-13)12-16/h2-4,8-9,11,13,16H,5-7,10,12H2,1H3,(H,20,23). The fraction of sp³-hybridized carbons (Fsp3) is 0.444. The summed E-state index contributed by atoms with van der Waals surface area (Å²) >= 11 is 0. The van der Waals surface area contributed by atoms with Gasteiger partial charge < -0.3 is 15.0 Å². The second-order valence-electron chi connectivity index (χ2n) is 6.70. The number of benzene rings is 1. The van der Waals surface area contributed by atoms with E-state index >= 15 is 0 Å². The van der Waals surface area contributed by atoms with Crippen molar-refractivity contribution in [1.29, 1.82) is 0 Å². The van der Waals surface area contributed by atoms with E-state index in [2.05, 4.69) is 15.3 Å². The summed E-state index contributed by atoms with van der Waals surface area (Å²) in [5.74, 6) is 1.52. The fourth-order valence-electron chi connectivity index (χ4n) is 3.79. The van der Waals surface area contributed by atoms with Crippen LogP contribution in [0.1, 0.15) is 12.8 Å². The minimum Gasteiger partial charge on any atom is -0.497 e. The first-order valence-electron chi connectivity index (χ1n) is 8.43. The maximum absolute atomic E-state index is 12.5. The van der Waals surface area contributed by atoms with Gasteiger partial charge in [-0.25, -0.2) is 4.79 Å². The van der Waals surface area contributed by atoms with Crippen LogP contribution in [-0.2, 0) is 0 Å². The van der Waals surface area contributed by atoms with Crippen LogP contribution < -0.4 is 10.1 Å². The molecule has 1 aromatic heterocycles. The Morgan fingerprint density at radius 3 is 3.08 bits per heavy atom. The number of rotatable bonds is 3. The molecular weight excluding hydrogens is 304 g/mol. The van der Waals surface area contributed by atoms with Gasteiger partial charge in [0.25, 0.3) is 0 Å². The molecule has 4 rings (SSSR count). The third kappa shape index (κ3) is 3.01. The van der Waals surface area contributed by atoms with E-state index in [1.165, 1.54) is 24.2 Å². The molecule has 6 nitrogen and oxygen atoms in total. The second-order valence-corrected chi connectivity index (χ2v) is 6.70. The molecule has 2 fully saturated rings. The average Bonchev–Trinajstić information content (AvgIpc) is 3.22. The highest BCUT2D eigenvalue weighted by Crippen LogP contribution is 2.27. The summed E-state index contributed by atoms with van der Waals surface area (Å²) < 4.78 is 6.64. The maximum Gasteiger partial charge on any atom is 0.342 e. The van der Waals surface area contributed by atoms with Crippen LogP contribution in [0.2, 0.25) is 0 Å². The fourth-order valence-corrected chi connectivity index (χ4v) is 3.79. The zero-order valence-corrected chi connectivity index (χ0v) is 13.8. The lowest BCUT2D eigenvalue weighted by atomic mass is 9.97. The number of ether oxygens (including phenoxy) is 1. The number of aromatic nitrogens is 2. The largest absolute Gasteiger partial charge is 0.497 e. The molecule has 0 saturated carbocycles. The summed E-state index contributed by atoms with van der Waals surface area (Å²) in [4.78, 5) is 14.9. The third-order valence-corrected chi connectivity index (χ3v) is 4.99. The molecule has 2 aromatic rings. The van der Waals surface area contributed by atoms with Crippen LogP contribution in [0.5, 0.6) is 5.75 Å². The highest BCUT2D eigenvalue weighted by molar-refractivity contribution is 5.78. The van der Waals surface area contributed by atoms with Crippen molar-refractivity contribution in [3.05, 3.63) is 36.7 Å². The molecular formula is C18H22N4O2. The molecule has 0 spiro atoms. The lowest BCUT2D eigenvalue weighted by molar-refractivity contribution is 0.204. The topological polar surface area (TPSA) is 59.4 Å². The van der Waals surface area contributed by atoms with Crippen LogP contribution in [0.4, 0.5) is 4.79 Å². The third-order valence-electron chi connectivity index (χ3n) is 4.99. The Morgan fingerprint density at radius 2 is 2.25 bits per heavy atom. The number of amides is 1. The predicted octanol–water partition coefficient (Wildman–Crippen LogP) is 2.21. The lowest BCUT2D eigenvalue weighted by Crippen LogP contribution is -2.48. The van der Waals surface area contributed by atoms with Crippen LogP contribution >= 0.6 is 0 Å². The Labute approximate surface area is 141 Å². The Morgan fingerprint density at radius 1 is 1.33 bits per heavy atom. The molecule has 2 aliphatic heterocycles. The van der Waals surface area contributed by atoms with Crippen LogP contribution in [0.15, 0.2) is 36.7 Å². The van der Waals surface area contributed by atoms with Gasteiger partial charge in [-0.05, 0) is 43.0 Å². The Balaban J connectivity index is 1.45. The van der Waals surface area contributed by atoms with E-state index in [-0.39, 0.29) is 12.1 Å². The number of hydrogen-bond acceptors (Lipinski definition) is 4. The summed E-state index contributed by atoms with van der Waals surface area (Å²) in [5, 5.41) is 7.34. The molecule has 6 heteroatoms. The Kier molecular flexibility index (Phi) is 3.98. The number of carbonyl (C=O) groups excluding carboxylic acids is 1. The van der Waals surface area contributed by atoms with E-state index in [1.54, 1.807) is 19.5 Å². The molecule has 2 bridgehead atoms. The number of nitrogens with one attached hydrogen (secondary N) is 1. The van der Waals surface area contributed by atoms with Gasteiger partial charge in [-0.2, -0.15) is 9.78 Å². The zero-order chi connectivity index (χ0) is 16.5. The average molecular weight is 326 g/mol. The van der Waals surface area contributed by atoms with Crippen molar-refractivity contribution in [2.45, 2.75) is 18.9 Å². The van der Waals surface area contributed by atoms with Crippen LogP contribution in [0, 0.1) is 5.92 Å². The van der Waals surface area contributed by atoms with Gasteiger partial charge in [0.15, 0.2) is 0 Å². The lowest BCUT2D eigenvalue weighted by Gasteiger charge is -2.30. The SMILES string of the molecule is COc1cccc(-c2cnn(C(=O)NC3CC4CCN(C4)C3)c2)c1. The molecule has 3 heterocycles. The highest BCUT2D eigenvalue weighted by atomic mass is 16.5. The van der Waals surface area contributed by atoms with E-state index in [0.29, 0.717) is 0 Å². The minimum absolute atomic E-state index is 0.156. The van der Waals surface area contributed by atoms with E-state index in [0.717, 1.165) is 35.8 Å². The summed E-state index contributed by atoms with van der Waals surface area (Å²) in [5.41, 5.74) is 1.88. The number of carbonyl (C=O) groups is 1. The van der Waals surface area contributed by atoms with Gasteiger partial charge in [0, 0.05) is 30.9 Å². The van der Waals surface area contributed by atoms with Gasteiger partial charge in [0.2, 0.25) is 0 Å². The summed E-state index contributed by atoms with van der Waals surface area (Å²) in [6.45, 7) is 3.30. The van der Waals surface area contributed by atoms with Crippen LogP contribution in [0.3, 0.4) is 0 Å². The molecule has 1 amide bonds. The molecule has 3 atom stereocenters. The van der Waals surface area contributed by atoms with Gasteiger partial charge >= 0.3 is 6.03 Å². The van der Waals surface area contributed by atoms with E-state index < -0.39 is 0 Å². The van der Waals surface area contributed by atoms with Gasteiger partial charge in [-0.3, -0.25) is 0 Å². The van der Waals surface area contributed by atoms with Crippen molar-refractivity contribution in [2.75, 3.05) is 26.7 Å². The van der Waals surface area contributed by atoms with Crippen molar-refractivity contribution in [2.24, 2.45) is 5.92 Å². The molecule has 0 radical (unpaired) electrons. The minimum atomic E-state index is -0.156. The molecule has 0 aliphatic carbocycles. The summed E-state index contributed by atoms with van der Waals surface area (Å²) in [7, 11) is 1.64. The maximum atomic E-state index is 12.5. The number of hydrogen-bond donors (Lipinski definition) is 1. The molecule has 3 unspecified atom stereocenters. The summed E-state index contributed by atoms with van der Waals surface area (Å²) in [6.07, 6.45) is 5.81. The van der Waals surface area contributed by atoms with Crippen molar-refractivity contribution in [3.63, 3.8) is 0 Å². The summed E-state index contributed by atoms with van der Waals surface area (Å²) in [6, 6.07) is 7.81. The van der Waals surface area contributed by atoms with Gasteiger partial charge in [0.1, 0.15) is 5.75 Å². The van der Waals surface area contributed by atoms with Crippen molar-refractivity contribution < 1.29 is 9.53 Å². The van der Waals surface area contributed by atoms with Gasteiger partial charge in [-0.1, -0.05) is 12.1 Å². The Hall–Kier alpha value is -2.34. The smallest absolute Gasteiger partial charge is 0.342 e. The molecule has 24 heavy (non-hydrogen) atoms. The van der Waals surface area contributed by atoms with E-state index in [4.69, 9.17) is 4.74 Å². The van der Waals surface area contributed by atoms with E-state index in [1.807, 2.05) is 24.3 Å². The second kappa shape index (κ2) is 6.28. The van der Waals surface area contributed by atoms with E-state index in [9.17, 15) is 4.79 Å². The number of nitrogens with zero attached hydrogens (tertiary/aromatic N) is 3. The normalized spacial score (nSPS) is 25.5. The first-order valence-corrected chi connectivity index (χ1v) is 8.43. The number of methoxy groups -OCH3 is 1. The molecule has 1 N–H and O–H groups in total. The van der Waals surface area contributed by atoms with Crippen molar-refractivity contribution >= 4 is 6.03 Å². The van der Waals surface area contributed by atoms with Crippen LogP contribution in [0.25, 0.3) is 11.1 Å². The predicted molar refractivity (Wildman–Crippen MR) is 91.1 cm³/mol. The number of fused-ring (bicyclic) bond motifs is 2. The van der Waals surface area contributed by atoms with Gasteiger partial charge in [-0.15, -0.1) is 0 Å². The quantitative estimate of drug-likeness (QED) is 0.939. The van der Waals surface area contributed by atoms with Gasteiger partial charge in [0.05, 0.1) is 13.3 Å². The Bertz CT molecular complexity index is 730. The first-order chi connectivity index (χ1) is 11.7. The highest BCUT2D eigenvalue weighted by Gasteiger charge is 2.33. The number of piperidine rings is 1. The molecule has 2 aliphatic rings. The van der Waals surface area contributed by atoms with Crippen molar-refractivity contribution in [3.8, 4) is 16.9 Å².